The monoisotopic (exact) mass is 201 g/mol. The molecule has 1 saturated carbocycles. The van der Waals surface area contributed by atoms with E-state index in [2.05, 4.69) is 11.5 Å². The van der Waals surface area contributed by atoms with Crippen LogP contribution in [0.3, 0.4) is 0 Å². The van der Waals surface area contributed by atoms with Gasteiger partial charge in [0.25, 0.3) is 0 Å². The molecular formula is C13H15NO. The molecule has 78 valence electrons. The van der Waals surface area contributed by atoms with Crippen molar-refractivity contribution in [1.82, 2.24) is 0 Å². The van der Waals surface area contributed by atoms with Crippen molar-refractivity contribution in [2.75, 3.05) is 11.4 Å². The Balaban J connectivity index is 2.17. The second kappa shape index (κ2) is 4.30. The van der Waals surface area contributed by atoms with Crippen LogP contribution in [0.25, 0.3) is 0 Å². The van der Waals surface area contributed by atoms with E-state index in [1.54, 1.807) is 0 Å². The Morgan fingerprint density at radius 2 is 2.00 bits per heavy atom. The maximum Gasteiger partial charge on any atom is 0.150 e. The van der Waals surface area contributed by atoms with Crippen molar-refractivity contribution in [3.63, 3.8) is 0 Å². The smallest absolute Gasteiger partial charge is 0.150 e. The highest BCUT2D eigenvalue weighted by Crippen LogP contribution is 2.31. The Labute approximate surface area is 90.2 Å². The molecule has 2 nitrogen and oxygen atoms in total. The quantitative estimate of drug-likeness (QED) is 0.539. The summed E-state index contributed by atoms with van der Waals surface area (Å²) in [6, 6.07) is 8.41. The van der Waals surface area contributed by atoms with Crippen molar-refractivity contribution < 1.29 is 4.79 Å². The van der Waals surface area contributed by atoms with Crippen LogP contribution in [0.4, 0.5) is 5.69 Å². The molecular weight excluding hydrogens is 186 g/mol. The van der Waals surface area contributed by atoms with Crippen molar-refractivity contribution in [2.45, 2.75) is 18.9 Å². The first kappa shape index (κ1) is 9.97. The molecule has 0 N–H and O–H groups in total. The number of carbonyl (C=O) groups is 1. The van der Waals surface area contributed by atoms with Gasteiger partial charge in [0.2, 0.25) is 0 Å². The van der Waals surface area contributed by atoms with Crippen LogP contribution >= 0.6 is 0 Å². The van der Waals surface area contributed by atoms with Crippen LogP contribution in [0, 0.1) is 0 Å². The molecule has 1 aromatic rings. The van der Waals surface area contributed by atoms with Gasteiger partial charge in [-0.1, -0.05) is 6.08 Å². The van der Waals surface area contributed by atoms with E-state index in [9.17, 15) is 4.79 Å². The first-order valence-electron chi connectivity index (χ1n) is 5.28. The Bertz CT molecular complexity index is 351. The Kier molecular flexibility index (Phi) is 2.86. The van der Waals surface area contributed by atoms with Gasteiger partial charge in [0.1, 0.15) is 6.29 Å². The number of carbonyl (C=O) groups excluding carboxylic acids is 1. The molecule has 0 spiro atoms. The van der Waals surface area contributed by atoms with E-state index in [0.29, 0.717) is 6.04 Å². The number of nitrogens with zero attached hydrogens (tertiary/aromatic N) is 1. The molecule has 0 amide bonds. The van der Waals surface area contributed by atoms with Crippen LogP contribution < -0.4 is 4.90 Å². The highest BCUT2D eigenvalue weighted by molar-refractivity contribution is 5.75. The third kappa shape index (κ3) is 2.27. The lowest BCUT2D eigenvalue weighted by Gasteiger charge is -2.22. The van der Waals surface area contributed by atoms with E-state index in [-0.39, 0.29) is 0 Å². The molecule has 0 saturated heterocycles. The molecule has 2 rings (SSSR count). The fourth-order valence-corrected chi connectivity index (χ4v) is 1.73. The molecule has 0 radical (unpaired) electrons. The first-order chi connectivity index (χ1) is 7.35. The summed E-state index contributed by atoms with van der Waals surface area (Å²) in [6.07, 6.45) is 5.33. The van der Waals surface area contributed by atoms with Gasteiger partial charge in [0.05, 0.1) is 0 Å². The van der Waals surface area contributed by atoms with Crippen LogP contribution in [-0.4, -0.2) is 18.9 Å². The van der Waals surface area contributed by atoms with E-state index in [4.69, 9.17) is 0 Å². The summed E-state index contributed by atoms with van der Waals surface area (Å²) in [5.41, 5.74) is 1.91. The van der Waals surface area contributed by atoms with Crippen molar-refractivity contribution >= 4 is 12.0 Å². The van der Waals surface area contributed by atoms with Crippen LogP contribution in [0.1, 0.15) is 23.2 Å². The average Bonchev–Trinajstić information content (AvgIpc) is 3.10. The van der Waals surface area contributed by atoms with Crippen LogP contribution in [0.2, 0.25) is 0 Å². The number of anilines is 1. The van der Waals surface area contributed by atoms with E-state index in [0.717, 1.165) is 18.4 Å². The summed E-state index contributed by atoms with van der Waals surface area (Å²) in [4.78, 5) is 12.9. The predicted octanol–water partition coefficient (Wildman–Crippen LogP) is 2.65. The zero-order valence-electron chi connectivity index (χ0n) is 8.73. The van der Waals surface area contributed by atoms with E-state index in [1.165, 1.54) is 18.5 Å². The normalized spacial score (nSPS) is 14.7. The maximum atomic E-state index is 10.5. The fraction of sp³-hybridized carbons (Fsp3) is 0.308. The van der Waals surface area contributed by atoms with E-state index in [1.807, 2.05) is 30.3 Å². The third-order valence-electron chi connectivity index (χ3n) is 2.67. The minimum Gasteiger partial charge on any atom is -0.365 e. The van der Waals surface area contributed by atoms with Gasteiger partial charge in [-0.3, -0.25) is 4.79 Å². The molecule has 15 heavy (non-hydrogen) atoms. The molecule has 2 heteroatoms. The van der Waals surface area contributed by atoms with Crippen molar-refractivity contribution in [3.05, 3.63) is 42.5 Å². The first-order valence-corrected chi connectivity index (χ1v) is 5.28. The minimum atomic E-state index is 0.671. The molecule has 0 aliphatic heterocycles. The molecule has 1 aliphatic rings. The zero-order valence-corrected chi connectivity index (χ0v) is 8.73. The zero-order chi connectivity index (χ0) is 10.7. The van der Waals surface area contributed by atoms with Gasteiger partial charge in [-0.05, 0) is 37.1 Å². The number of hydrogen-bond acceptors (Lipinski definition) is 2. The molecule has 1 fully saturated rings. The highest BCUT2D eigenvalue weighted by atomic mass is 16.1. The van der Waals surface area contributed by atoms with Gasteiger partial charge < -0.3 is 4.90 Å². The molecule has 0 unspecified atom stereocenters. The Morgan fingerprint density at radius 3 is 2.47 bits per heavy atom. The lowest BCUT2D eigenvalue weighted by Crippen LogP contribution is -2.25. The Morgan fingerprint density at radius 1 is 1.33 bits per heavy atom. The number of benzene rings is 1. The average molecular weight is 201 g/mol. The summed E-state index contributed by atoms with van der Waals surface area (Å²) in [7, 11) is 0. The van der Waals surface area contributed by atoms with Gasteiger partial charge in [-0.25, -0.2) is 0 Å². The second-order valence-electron chi connectivity index (χ2n) is 3.88. The number of rotatable bonds is 5. The fourth-order valence-electron chi connectivity index (χ4n) is 1.73. The molecule has 1 aromatic carbocycles. The van der Waals surface area contributed by atoms with Crippen molar-refractivity contribution in [3.8, 4) is 0 Å². The van der Waals surface area contributed by atoms with Gasteiger partial charge in [0, 0.05) is 23.8 Å². The standard InChI is InChI=1S/C13H15NO/c1-2-9-14(13-7-8-13)12-5-3-11(10-15)4-6-12/h2-6,10,13H,1,7-9H2. The number of hydrogen-bond donors (Lipinski definition) is 0. The molecule has 0 bridgehead atoms. The van der Waals surface area contributed by atoms with Crippen molar-refractivity contribution in [1.29, 1.82) is 0 Å². The van der Waals surface area contributed by atoms with Crippen LogP contribution in [0.5, 0.6) is 0 Å². The SMILES string of the molecule is C=CCN(c1ccc(C=O)cc1)C1CC1. The Hall–Kier alpha value is -1.57. The maximum absolute atomic E-state index is 10.5. The topological polar surface area (TPSA) is 20.3 Å². The van der Waals surface area contributed by atoms with Gasteiger partial charge in [-0.2, -0.15) is 0 Å². The van der Waals surface area contributed by atoms with Gasteiger partial charge >= 0.3 is 0 Å². The summed E-state index contributed by atoms with van der Waals surface area (Å²) >= 11 is 0. The third-order valence-corrected chi connectivity index (χ3v) is 2.67. The van der Waals surface area contributed by atoms with Crippen LogP contribution in [-0.2, 0) is 0 Å². The van der Waals surface area contributed by atoms with Crippen LogP contribution in [0.15, 0.2) is 36.9 Å². The predicted molar refractivity (Wildman–Crippen MR) is 62.4 cm³/mol. The molecule has 0 heterocycles. The molecule has 0 aromatic heterocycles. The summed E-state index contributed by atoms with van der Waals surface area (Å²) < 4.78 is 0. The number of aldehydes is 1. The minimum absolute atomic E-state index is 0.671. The largest absolute Gasteiger partial charge is 0.365 e. The lowest BCUT2D eigenvalue weighted by atomic mass is 10.2. The summed E-state index contributed by atoms with van der Waals surface area (Å²) in [5.74, 6) is 0. The molecule has 0 atom stereocenters. The van der Waals surface area contributed by atoms with E-state index < -0.39 is 0 Å². The second-order valence-corrected chi connectivity index (χ2v) is 3.88. The summed E-state index contributed by atoms with van der Waals surface area (Å²) in [6.45, 7) is 4.65. The highest BCUT2D eigenvalue weighted by Gasteiger charge is 2.28. The lowest BCUT2D eigenvalue weighted by molar-refractivity contribution is 0.112. The van der Waals surface area contributed by atoms with E-state index >= 15 is 0 Å². The van der Waals surface area contributed by atoms with Crippen molar-refractivity contribution in [2.24, 2.45) is 0 Å². The van der Waals surface area contributed by atoms with Gasteiger partial charge in [-0.15, -0.1) is 6.58 Å². The molecule has 1 aliphatic carbocycles. The summed E-state index contributed by atoms with van der Waals surface area (Å²) in [5, 5.41) is 0. The van der Waals surface area contributed by atoms with Gasteiger partial charge in [0.15, 0.2) is 0 Å².